The average Bonchev–Trinajstić information content (AvgIpc) is 3.08. The first-order valence-corrected chi connectivity index (χ1v) is 10.6. The number of hydrogen-bond acceptors (Lipinski definition) is 5. The summed E-state index contributed by atoms with van der Waals surface area (Å²) in [4.78, 5) is 28.6. The molecule has 3 heterocycles. The Kier molecular flexibility index (Phi) is 6.83. The van der Waals surface area contributed by atoms with Crippen LogP contribution in [0, 0.1) is 11.3 Å². The molecular formula is C22H31N5O3. The first-order valence-electron chi connectivity index (χ1n) is 10.6. The van der Waals surface area contributed by atoms with Gasteiger partial charge in [0.2, 0.25) is 0 Å². The second kappa shape index (κ2) is 9.35. The summed E-state index contributed by atoms with van der Waals surface area (Å²) in [7, 11) is 1.63. The first kappa shape index (κ1) is 21.9. The molecule has 8 heteroatoms. The number of rotatable bonds is 7. The van der Waals surface area contributed by atoms with Gasteiger partial charge in [0.1, 0.15) is 23.0 Å². The number of nitriles is 1. The van der Waals surface area contributed by atoms with Crippen LogP contribution >= 0.6 is 0 Å². The van der Waals surface area contributed by atoms with E-state index in [1.165, 1.54) is 9.13 Å². The Bertz CT molecular complexity index is 1100. The summed E-state index contributed by atoms with van der Waals surface area (Å²) in [6, 6.07) is 2.30. The van der Waals surface area contributed by atoms with E-state index in [9.17, 15) is 14.9 Å². The van der Waals surface area contributed by atoms with E-state index in [4.69, 9.17) is 4.74 Å². The van der Waals surface area contributed by atoms with Crippen LogP contribution in [0.2, 0.25) is 0 Å². The number of allylic oxidation sites excluding steroid dienone is 2. The zero-order chi connectivity index (χ0) is 21.8. The molecule has 0 amide bonds. The van der Waals surface area contributed by atoms with Gasteiger partial charge >= 0.3 is 5.69 Å². The predicted molar refractivity (Wildman–Crippen MR) is 118 cm³/mol. The third kappa shape index (κ3) is 3.94. The van der Waals surface area contributed by atoms with Crippen LogP contribution in [0.15, 0.2) is 21.2 Å². The molecule has 0 N–H and O–H groups in total. The molecule has 0 unspecified atom stereocenters. The number of ether oxygens (including phenoxy) is 1. The lowest BCUT2D eigenvalue weighted by molar-refractivity contribution is 0.137. The number of nitrogens with zero attached hydrogens (tertiary/aromatic N) is 5. The molecule has 3 rings (SSSR count). The van der Waals surface area contributed by atoms with Gasteiger partial charge in [0.05, 0.1) is 18.7 Å². The molecule has 1 saturated heterocycles. The van der Waals surface area contributed by atoms with Crippen LogP contribution in [0.4, 0.5) is 5.82 Å². The fraction of sp³-hybridized carbons (Fsp3) is 0.591. The van der Waals surface area contributed by atoms with Crippen molar-refractivity contribution in [1.29, 1.82) is 5.26 Å². The van der Waals surface area contributed by atoms with Crippen LogP contribution in [0.5, 0.6) is 0 Å². The molecule has 0 radical (unpaired) electrons. The van der Waals surface area contributed by atoms with Crippen LogP contribution in [-0.4, -0.2) is 40.0 Å². The molecule has 30 heavy (non-hydrogen) atoms. The van der Waals surface area contributed by atoms with E-state index < -0.39 is 5.69 Å². The van der Waals surface area contributed by atoms with Gasteiger partial charge in [-0.1, -0.05) is 11.6 Å². The highest BCUT2D eigenvalue weighted by Crippen LogP contribution is 2.32. The highest BCUT2D eigenvalue weighted by atomic mass is 16.5. The Morgan fingerprint density at radius 1 is 1.13 bits per heavy atom. The standard InChI is InChI=1S/C22H31N5O3/c1-5-30-14-13-27-21(28)19-18(24(4)22(27)29)17(15-23)20(25-10-7-6-8-11-25)26(19)12-9-16(2)3/h9H,5-8,10-14H2,1-4H3. The van der Waals surface area contributed by atoms with E-state index in [1.54, 1.807) is 7.05 Å². The van der Waals surface area contributed by atoms with E-state index in [0.29, 0.717) is 29.7 Å². The Morgan fingerprint density at radius 3 is 2.43 bits per heavy atom. The number of fused-ring (bicyclic) bond motifs is 1. The summed E-state index contributed by atoms with van der Waals surface area (Å²) in [5.41, 5.74) is 1.57. The van der Waals surface area contributed by atoms with Gasteiger partial charge in [-0.25, -0.2) is 4.79 Å². The molecule has 0 aromatic carbocycles. The van der Waals surface area contributed by atoms with Crippen molar-refractivity contribution in [1.82, 2.24) is 13.7 Å². The predicted octanol–water partition coefficient (Wildman–Crippen LogP) is 2.37. The second-order valence-electron chi connectivity index (χ2n) is 7.94. The van der Waals surface area contributed by atoms with Gasteiger partial charge in [-0.05, 0) is 40.0 Å². The maximum Gasteiger partial charge on any atom is 0.331 e. The van der Waals surface area contributed by atoms with Gasteiger partial charge in [0.25, 0.3) is 5.56 Å². The minimum atomic E-state index is -0.423. The van der Waals surface area contributed by atoms with Crippen molar-refractivity contribution in [2.24, 2.45) is 7.05 Å². The zero-order valence-corrected chi connectivity index (χ0v) is 18.4. The topological polar surface area (TPSA) is 85.2 Å². The molecule has 2 aromatic rings. The summed E-state index contributed by atoms with van der Waals surface area (Å²) >= 11 is 0. The molecule has 1 fully saturated rings. The molecular weight excluding hydrogens is 382 g/mol. The van der Waals surface area contributed by atoms with Crippen LogP contribution < -0.4 is 16.1 Å². The Hall–Kier alpha value is -2.79. The Labute approximate surface area is 176 Å². The lowest BCUT2D eigenvalue weighted by Gasteiger charge is -2.30. The van der Waals surface area contributed by atoms with Crippen molar-refractivity contribution < 1.29 is 4.74 Å². The molecule has 1 aliphatic heterocycles. The van der Waals surface area contributed by atoms with Crippen molar-refractivity contribution in [3.63, 3.8) is 0 Å². The third-order valence-electron chi connectivity index (χ3n) is 5.62. The number of aromatic nitrogens is 3. The fourth-order valence-corrected chi connectivity index (χ4v) is 4.11. The summed E-state index contributed by atoms with van der Waals surface area (Å²) < 4.78 is 9.95. The van der Waals surface area contributed by atoms with Crippen molar-refractivity contribution in [3.05, 3.63) is 38.1 Å². The van der Waals surface area contributed by atoms with E-state index in [0.717, 1.165) is 43.7 Å². The third-order valence-corrected chi connectivity index (χ3v) is 5.62. The van der Waals surface area contributed by atoms with Gasteiger partial charge in [-0.15, -0.1) is 0 Å². The van der Waals surface area contributed by atoms with E-state index in [1.807, 2.05) is 31.4 Å². The van der Waals surface area contributed by atoms with Gasteiger partial charge in [0.15, 0.2) is 0 Å². The van der Waals surface area contributed by atoms with Gasteiger partial charge in [0, 0.05) is 33.3 Å². The van der Waals surface area contributed by atoms with Crippen LogP contribution in [0.3, 0.4) is 0 Å². The highest BCUT2D eigenvalue weighted by Gasteiger charge is 2.28. The minimum absolute atomic E-state index is 0.185. The molecule has 0 bridgehead atoms. The lowest BCUT2D eigenvalue weighted by atomic mass is 10.1. The number of piperidine rings is 1. The summed E-state index contributed by atoms with van der Waals surface area (Å²) in [6.45, 7) is 9.04. The van der Waals surface area contributed by atoms with Crippen LogP contribution in [0.1, 0.15) is 45.6 Å². The largest absolute Gasteiger partial charge is 0.380 e. The Balaban J connectivity index is 2.35. The fourth-order valence-electron chi connectivity index (χ4n) is 4.11. The normalized spacial score (nSPS) is 14.2. The number of aryl methyl sites for hydroxylation is 1. The maximum atomic E-state index is 13.5. The minimum Gasteiger partial charge on any atom is -0.380 e. The van der Waals surface area contributed by atoms with Gasteiger partial charge < -0.3 is 14.2 Å². The average molecular weight is 414 g/mol. The first-order chi connectivity index (χ1) is 14.4. The molecule has 0 aliphatic carbocycles. The number of anilines is 1. The van der Waals surface area contributed by atoms with E-state index >= 15 is 0 Å². The molecule has 0 atom stereocenters. The van der Waals surface area contributed by atoms with Crippen molar-refractivity contribution >= 4 is 16.9 Å². The van der Waals surface area contributed by atoms with Crippen molar-refractivity contribution in [2.45, 2.75) is 53.1 Å². The Morgan fingerprint density at radius 2 is 1.83 bits per heavy atom. The van der Waals surface area contributed by atoms with Crippen LogP contribution in [-0.2, 0) is 24.9 Å². The monoisotopic (exact) mass is 413 g/mol. The van der Waals surface area contributed by atoms with Crippen LogP contribution in [0.25, 0.3) is 11.0 Å². The lowest BCUT2D eigenvalue weighted by Crippen LogP contribution is -2.40. The smallest absolute Gasteiger partial charge is 0.331 e. The van der Waals surface area contributed by atoms with Gasteiger partial charge in [-0.3, -0.25) is 13.9 Å². The zero-order valence-electron chi connectivity index (χ0n) is 18.4. The molecule has 2 aromatic heterocycles. The molecule has 1 aliphatic rings. The molecule has 0 saturated carbocycles. The van der Waals surface area contributed by atoms with Gasteiger partial charge in [-0.2, -0.15) is 5.26 Å². The second-order valence-corrected chi connectivity index (χ2v) is 7.94. The van der Waals surface area contributed by atoms with Crippen molar-refractivity contribution in [3.8, 4) is 6.07 Å². The molecule has 0 spiro atoms. The highest BCUT2D eigenvalue weighted by molar-refractivity contribution is 5.90. The SMILES string of the molecule is CCOCCn1c(=O)c2c(c(C#N)c(N3CCCCC3)n2CC=C(C)C)n(C)c1=O. The maximum absolute atomic E-state index is 13.5. The molecule has 162 valence electrons. The van der Waals surface area contributed by atoms with Crippen molar-refractivity contribution in [2.75, 3.05) is 31.2 Å². The van der Waals surface area contributed by atoms with E-state index in [-0.39, 0.29) is 18.7 Å². The van der Waals surface area contributed by atoms with E-state index in [2.05, 4.69) is 11.0 Å². The quantitative estimate of drug-likeness (QED) is 0.514. The summed E-state index contributed by atoms with van der Waals surface area (Å²) in [5.74, 6) is 0.749. The number of hydrogen-bond donors (Lipinski definition) is 0. The summed E-state index contributed by atoms with van der Waals surface area (Å²) in [5, 5.41) is 10.0. The molecule has 8 nitrogen and oxygen atoms in total. The summed E-state index contributed by atoms with van der Waals surface area (Å²) in [6.07, 6.45) is 5.30.